The number of hydrogen-bond acceptors (Lipinski definition) is 2. The third-order valence-electron chi connectivity index (χ3n) is 5.70. The number of hydrogen-bond donors (Lipinski definition) is 1. The molecule has 5 nitrogen and oxygen atoms in total. The van der Waals surface area contributed by atoms with Gasteiger partial charge in [-0.15, -0.1) is 0 Å². The number of rotatable bonds is 3. The minimum Gasteiger partial charge on any atom is -0.349 e. The molecule has 0 unspecified atom stereocenters. The number of likely N-dealkylation sites (tertiary alicyclic amines) is 1. The van der Waals surface area contributed by atoms with Crippen LogP contribution in [0.2, 0.25) is 0 Å². The van der Waals surface area contributed by atoms with Crippen LogP contribution in [0.1, 0.15) is 63.7 Å². The molecule has 0 bridgehead atoms. The van der Waals surface area contributed by atoms with Gasteiger partial charge in [-0.2, -0.15) is 8.78 Å². The molecule has 1 aromatic rings. The first-order chi connectivity index (χ1) is 12.1. The molecule has 7 heteroatoms. The van der Waals surface area contributed by atoms with Crippen LogP contribution in [0, 0.1) is 5.41 Å². The van der Waals surface area contributed by atoms with Gasteiger partial charge in [0.1, 0.15) is 5.82 Å². The first-order valence-electron chi connectivity index (χ1n) is 9.39. The zero-order valence-electron chi connectivity index (χ0n) is 15.1. The van der Waals surface area contributed by atoms with Gasteiger partial charge in [-0.1, -0.05) is 25.7 Å². The standard InChI is InChI=1S/C18H29F2N5/c1-21-17(23-13-15-22-10-12-25(15)16(19)20)24-11-6-9-18(14-24)7-4-2-3-5-8-18/h10,12,16H,2-9,11,13-14H2,1H3,(H,21,23). The lowest BCUT2D eigenvalue weighted by Gasteiger charge is -2.44. The number of guanidine groups is 1. The van der Waals surface area contributed by atoms with E-state index in [1.807, 2.05) is 0 Å². The van der Waals surface area contributed by atoms with Crippen molar-refractivity contribution in [1.82, 2.24) is 19.8 Å². The molecule has 1 saturated carbocycles. The molecule has 1 N–H and O–H groups in total. The molecule has 2 fully saturated rings. The minimum atomic E-state index is -2.56. The van der Waals surface area contributed by atoms with E-state index in [9.17, 15) is 8.78 Å². The molecule has 1 aliphatic heterocycles. The lowest BCUT2D eigenvalue weighted by atomic mass is 9.74. The minimum absolute atomic E-state index is 0.257. The van der Waals surface area contributed by atoms with E-state index in [4.69, 9.17) is 0 Å². The molecule has 2 heterocycles. The Labute approximate surface area is 148 Å². The first-order valence-corrected chi connectivity index (χ1v) is 9.39. The van der Waals surface area contributed by atoms with Gasteiger partial charge in [-0.25, -0.2) is 4.98 Å². The number of piperidine rings is 1. The average Bonchev–Trinajstić information content (AvgIpc) is 2.97. The van der Waals surface area contributed by atoms with Gasteiger partial charge < -0.3 is 10.2 Å². The van der Waals surface area contributed by atoms with Crippen molar-refractivity contribution in [3.63, 3.8) is 0 Å². The fraction of sp³-hybridized carbons (Fsp3) is 0.778. The van der Waals surface area contributed by atoms with Crippen LogP contribution in [-0.2, 0) is 6.54 Å². The molecule has 25 heavy (non-hydrogen) atoms. The maximum Gasteiger partial charge on any atom is 0.319 e. The van der Waals surface area contributed by atoms with Crippen LogP contribution in [0.5, 0.6) is 0 Å². The van der Waals surface area contributed by atoms with E-state index in [0.717, 1.165) is 23.6 Å². The number of aromatic nitrogens is 2. The second-order valence-electron chi connectivity index (χ2n) is 7.37. The highest BCUT2D eigenvalue weighted by atomic mass is 19.3. The Bertz CT molecular complexity index is 576. The van der Waals surface area contributed by atoms with Crippen LogP contribution >= 0.6 is 0 Å². The van der Waals surface area contributed by atoms with E-state index in [2.05, 4.69) is 20.2 Å². The largest absolute Gasteiger partial charge is 0.349 e. The second-order valence-corrected chi connectivity index (χ2v) is 7.37. The highest BCUT2D eigenvalue weighted by molar-refractivity contribution is 5.80. The zero-order chi connectivity index (χ0) is 17.7. The molecular weight excluding hydrogens is 324 g/mol. The lowest BCUT2D eigenvalue weighted by Crippen LogP contribution is -2.50. The highest BCUT2D eigenvalue weighted by Gasteiger charge is 2.36. The van der Waals surface area contributed by atoms with E-state index in [1.165, 1.54) is 63.8 Å². The van der Waals surface area contributed by atoms with Crippen molar-refractivity contribution in [2.45, 2.75) is 64.5 Å². The lowest BCUT2D eigenvalue weighted by molar-refractivity contribution is 0.0667. The fourth-order valence-electron chi connectivity index (χ4n) is 4.42. The predicted octanol–water partition coefficient (Wildman–Crippen LogP) is 3.79. The van der Waals surface area contributed by atoms with Crippen molar-refractivity contribution < 1.29 is 8.78 Å². The van der Waals surface area contributed by atoms with E-state index >= 15 is 0 Å². The van der Waals surface area contributed by atoms with Crippen LogP contribution in [0.25, 0.3) is 0 Å². The second kappa shape index (κ2) is 8.15. The molecule has 1 aromatic heterocycles. The number of nitrogens with one attached hydrogen (secondary N) is 1. The molecule has 0 atom stereocenters. The molecule has 3 rings (SSSR count). The molecule has 1 aliphatic carbocycles. The van der Waals surface area contributed by atoms with Crippen molar-refractivity contribution in [2.24, 2.45) is 10.4 Å². The van der Waals surface area contributed by atoms with Gasteiger partial charge in [0.05, 0.1) is 6.54 Å². The van der Waals surface area contributed by atoms with E-state index < -0.39 is 6.55 Å². The van der Waals surface area contributed by atoms with Gasteiger partial charge in [0.15, 0.2) is 5.96 Å². The van der Waals surface area contributed by atoms with Crippen LogP contribution in [0.3, 0.4) is 0 Å². The zero-order valence-corrected chi connectivity index (χ0v) is 15.1. The fourth-order valence-corrected chi connectivity index (χ4v) is 4.42. The summed E-state index contributed by atoms with van der Waals surface area (Å²) in [6.07, 6.45) is 13.2. The molecule has 1 spiro atoms. The topological polar surface area (TPSA) is 45.5 Å². The normalized spacial score (nSPS) is 21.6. The average molecular weight is 353 g/mol. The third kappa shape index (κ3) is 4.30. The molecule has 0 radical (unpaired) electrons. The Morgan fingerprint density at radius 2 is 1.96 bits per heavy atom. The summed E-state index contributed by atoms with van der Waals surface area (Å²) in [6, 6.07) is 0. The van der Waals surface area contributed by atoms with Crippen molar-refractivity contribution >= 4 is 5.96 Å². The van der Waals surface area contributed by atoms with Crippen LogP contribution in [0.4, 0.5) is 8.78 Å². The first kappa shape index (κ1) is 18.1. The number of alkyl halides is 2. The summed E-state index contributed by atoms with van der Waals surface area (Å²) in [5.74, 6) is 1.13. The third-order valence-corrected chi connectivity index (χ3v) is 5.70. The van der Waals surface area contributed by atoms with E-state index in [0.29, 0.717) is 11.2 Å². The van der Waals surface area contributed by atoms with Crippen molar-refractivity contribution in [1.29, 1.82) is 0 Å². The van der Waals surface area contributed by atoms with Crippen molar-refractivity contribution in [3.05, 3.63) is 18.2 Å². The predicted molar refractivity (Wildman–Crippen MR) is 94.6 cm³/mol. The molecule has 0 amide bonds. The summed E-state index contributed by atoms with van der Waals surface area (Å²) in [5.41, 5.74) is 0.411. The summed E-state index contributed by atoms with van der Waals surface area (Å²) in [7, 11) is 1.76. The Morgan fingerprint density at radius 1 is 1.24 bits per heavy atom. The summed E-state index contributed by atoms with van der Waals surface area (Å²) in [6.45, 7) is -0.306. The Balaban J connectivity index is 1.63. The highest BCUT2D eigenvalue weighted by Crippen LogP contribution is 2.42. The van der Waals surface area contributed by atoms with Gasteiger partial charge in [0.2, 0.25) is 0 Å². The van der Waals surface area contributed by atoms with E-state index in [-0.39, 0.29) is 6.54 Å². The summed E-state index contributed by atoms with van der Waals surface area (Å²) in [4.78, 5) is 10.7. The van der Waals surface area contributed by atoms with Gasteiger partial charge in [-0.3, -0.25) is 9.56 Å². The molecule has 0 aromatic carbocycles. The molecule has 1 saturated heterocycles. The Hall–Kier alpha value is -1.66. The number of imidazole rings is 1. The number of aliphatic imine (C=N–C) groups is 1. The summed E-state index contributed by atoms with van der Waals surface area (Å²) < 4.78 is 26.8. The Morgan fingerprint density at radius 3 is 2.64 bits per heavy atom. The monoisotopic (exact) mass is 353 g/mol. The molecule has 140 valence electrons. The quantitative estimate of drug-likeness (QED) is 0.664. The van der Waals surface area contributed by atoms with Gasteiger partial charge >= 0.3 is 6.55 Å². The van der Waals surface area contributed by atoms with Gasteiger partial charge in [0.25, 0.3) is 0 Å². The van der Waals surface area contributed by atoms with Gasteiger partial charge in [0, 0.05) is 32.5 Å². The smallest absolute Gasteiger partial charge is 0.319 e. The van der Waals surface area contributed by atoms with Crippen LogP contribution in [0.15, 0.2) is 17.4 Å². The summed E-state index contributed by atoms with van der Waals surface area (Å²) in [5, 5.41) is 3.23. The summed E-state index contributed by atoms with van der Waals surface area (Å²) >= 11 is 0. The number of halogens is 2. The molecule has 2 aliphatic rings. The number of nitrogens with zero attached hydrogens (tertiary/aromatic N) is 4. The maximum atomic E-state index is 13.0. The van der Waals surface area contributed by atoms with E-state index in [1.54, 1.807) is 7.05 Å². The SMILES string of the molecule is CN=C(NCc1nccn1C(F)F)N1CCCC2(CCCCCC2)C1. The van der Waals surface area contributed by atoms with Crippen LogP contribution < -0.4 is 5.32 Å². The van der Waals surface area contributed by atoms with Gasteiger partial charge in [-0.05, 0) is 31.1 Å². The maximum absolute atomic E-state index is 13.0. The van der Waals surface area contributed by atoms with Crippen molar-refractivity contribution in [3.8, 4) is 0 Å². The Kier molecular flexibility index (Phi) is 5.91. The van der Waals surface area contributed by atoms with Crippen molar-refractivity contribution in [2.75, 3.05) is 20.1 Å². The molecular formula is C18H29F2N5. The van der Waals surface area contributed by atoms with Crippen LogP contribution in [-0.4, -0.2) is 40.5 Å².